The van der Waals surface area contributed by atoms with Gasteiger partial charge in [-0.1, -0.05) is 193 Å². The molecule has 0 amide bonds. The lowest BCUT2D eigenvalue weighted by Crippen LogP contribution is -2.61. The van der Waals surface area contributed by atoms with Crippen LogP contribution in [0.4, 0.5) is 0 Å². The zero-order chi connectivity index (χ0) is 54.7. The second kappa shape index (κ2) is 49.7. The van der Waals surface area contributed by atoms with Gasteiger partial charge in [-0.3, -0.25) is 14.4 Å². The number of unbranched alkanes of at least 4 members (excludes halogenated alkanes) is 10. The number of aliphatic hydroxyl groups excluding tert-OH is 2. The van der Waals surface area contributed by atoms with E-state index in [9.17, 15) is 34.5 Å². The zero-order valence-electron chi connectivity index (χ0n) is 46.0. The van der Waals surface area contributed by atoms with E-state index < -0.39 is 67.3 Å². The van der Waals surface area contributed by atoms with Crippen LogP contribution >= 0.6 is 0 Å². The van der Waals surface area contributed by atoms with Crippen molar-refractivity contribution in [2.45, 2.75) is 225 Å². The molecule has 0 aromatic heterocycles. The van der Waals surface area contributed by atoms with E-state index in [-0.39, 0.29) is 25.9 Å². The molecule has 6 unspecified atom stereocenters. The number of esters is 3. The lowest BCUT2D eigenvalue weighted by Gasteiger charge is -2.40. The molecule has 0 aromatic rings. The van der Waals surface area contributed by atoms with Gasteiger partial charge in [0.25, 0.3) is 0 Å². The van der Waals surface area contributed by atoms with Crippen LogP contribution in [0, 0.1) is 0 Å². The molecule has 1 aliphatic heterocycles. The van der Waals surface area contributed by atoms with E-state index >= 15 is 0 Å². The summed E-state index contributed by atoms with van der Waals surface area (Å²) in [4.78, 5) is 51.0. The molecule has 1 aliphatic rings. The van der Waals surface area contributed by atoms with Crippen molar-refractivity contribution in [2.75, 3.05) is 13.2 Å². The molecule has 0 saturated carbocycles. The molecule has 1 saturated heterocycles. The highest BCUT2D eigenvalue weighted by atomic mass is 16.7. The van der Waals surface area contributed by atoms with Gasteiger partial charge in [0.15, 0.2) is 24.6 Å². The first-order valence-corrected chi connectivity index (χ1v) is 28.2. The van der Waals surface area contributed by atoms with Crippen molar-refractivity contribution in [3.63, 3.8) is 0 Å². The van der Waals surface area contributed by atoms with E-state index in [1.165, 1.54) is 0 Å². The number of aliphatic hydroxyl groups is 2. The summed E-state index contributed by atoms with van der Waals surface area (Å²) in [7, 11) is 0. The average molecular weight is 1050 g/mol. The summed E-state index contributed by atoms with van der Waals surface area (Å²) in [6.45, 7) is 5.55. The molecule has 1 heterocycles. The maximum absolute atomic E-state index is 13.1. The third-order valence-corrected chi connectivity index (χ3v) is 11.7. The summed E-state index contributed by atoms with van der Waals surface area (Å²) in [5, 5.41) is 31.4. The van der Waals surface area contributed by atoms with Crippen molar-refractivity contribution >= 4 is 23.9 Å². The number of hydrogen-bond donors (Lipinski definition) is 3. The minimum absolute atomic E-state index is 0.121. The molecule has 0 aromatic carbocycles. The van der Waals surface area contributed by atoms with Crippen molar-refractivity contribution in [1.29, 1.82) is 0 Å². The van der Waals surface area contributed by atoms with Gasteiger partial charge in [0.2, 0.25) is 0 Å². The molecule has 0 aliphatic carbocycles. The van der Waals surface area contributed by atoms with Crippen molar-refractivity contribution in [1.82, 2.24) is 0 Å². The number of ether oxygens (including phenoxy) is 5. The summed E-state index contributed by atoms with van der Waals surface area (Å²) in [6.07, 6.45) is 57.4. The number of carbonyl (C=O) groups excluding carboxylic acids is 3. The first-order chi connectivity index (χ1) is 36.6. The van der Waals surface area contributed by atoms with Gasteiger partial charge in [0.1, 0.15) is 18.8 Å². The predicted molar refractivity (Wildman–Crippen MR) is 303 cm³/mol. The zero-order valence-corrected chi connectivity index (χ0v) is 46.0. The van der Waals surface area contributed by atoms with Crippen LogP contribution in [-0.2, 0) is 42.9 Å². The van der Waals surface area contributed by atoms with Crippen molar-refractivity contribution < 1.29 is 58.2 Å². The molecule has 1 fully saturated rings. The molecule has 12 heteroatoms. The van der Waals surface area contributed by atoms with Crippen molar-refractivity contribution in [2.24, 2.45) is 0 Å². The van der Waals surface area contributed by atoms with Crippen LogP contribution < -0.4 is 0 Å². The number of carboxylic acids is 1. The van der Waals surface area contributed by atoms with Crippen molar-refractivity contribution in [3.05, 3.63) is 134 Å². The number of aliphatic carboxylic acids is 1. The fourth-order valence-corrected chi connectivity index (χ4v) is 7.53. The fourth-order valence-electron chi connectivity index (χ4n) is 7.53. The van der Waals surface area contributed by atoms with E-state index in [4.69, 9.17) is 23.7 Å². The normalized spacial score (nSPS) is 19.2. The third-order valence-electron chi connectivity index (χ3n) is 11.7. The van der Waals surface area contributed by atoms with Gasteiger partial charge in [-0.2, -0.15) is 0 Å². The second-order valence-corrected chi connectivity index (χ2v) is 18.4. The predicted octanol–water partition coefficient (Wildman–Crippen LogP) is 14.2. The number of carbonyl (C=O) groups is 4. The SMILES string of the molecule is CC/C=C\C/C=C\C/C=C\C/C=C\C/C=C\CC(=O)OC1C(OCC(COC(=O)CCCCCCC/C=C\C/C=C\C/C=C\CC)OC(=O)CCCCCCC/C=C\C/C=C\C/C=C\CC)OC(C(=O)O)C(O)C1O. The molecule has 3 N–H and O–H groups in total. The Morgan fingerprint density at radius 3 is 1.28 bits per heavy atom. The van der Waals surface area contributed by atoms with Crippen LogP contribution in [0.2, 0.25) is 0 Å². The van der Waals surface area contributed by atoms with Gasteiger partial charge < -0.3 is 39.0 Å². The summed E-state index contributed by atoms with van der Waals surface area (Å²) in [5.41, 5.74) is 0. The van der Waals surface area contributed by atoms with Gasteiger partial charge in [-0.05, 0) is 109 Å². The van der Waals surface area contributed by atoms with Crippen molar-refractivity contribution in [3.8, 4) is 0 Å². The summed E-state index contributed by atoms with van der Waals surface area (Å²) in [5.74, 6) is -3.35. The van der Waals surface area contributed by atoms with E-state index in [1.54, 1.807) is 12.2 Å². The van der Waals surface area contributed by atoms with Crippen LogP contribution in [0.3, 0.4) is 0 Å². The lowest BCUT2D eigenvalue weighted by atomic mass is 9.98. The standard InChI is InChI=1S/C63H96O12/c1-4-7-10-13-16-19-22-25-28-31-34-37-40-43-46-49-55(64)71-52-54(73-56(65)50-47-44-41-38-35-32-29-26-23-20-17-14-11-8-5-2)53-72-63-61(59(68)58(67)60(75-63)62(69)70)74-57(66)51-48-45-42-39-36-33-30-27-24-21-18-15-12-9-6-3/h7-12,16-21,25-30,36,39,45,48,54,58-61,63,67-68H,4-6,13-15,22-24,31-35,37-38,40-44,46-47,49-53H2,1-3H3,(H,69,70)/b10-7-,11-8-,12-9-,19-16-,20-17-,21-18-,28-25-,29-26-,30-27-,39-36-,48-45-. The van der Waals surface area contributed by atoms with Crippen LogP contribution in [0.1, 0.15) is 188 Å². The van der Waals surface area contributed by atoms with Crippen LogP contribution in [0.5, 0.6) is 0 Å². The van der Waals surface area contributed by atoms with Gasteiger partial charge in [0.05, 0.1) is 13.0 Å². The Bertz CT molecular complexity index is 1810. The molecular formula is C63H96O12. The Morgan fingerprint density at radius 1 is 0.453 bits per heavy atom. The van der Waals surface area contributed by atoms with E-state index in [0.717, 1.165) is 128 Å². The van der Waals surface area contributed by atoms with Gasteiger partial charge in [-0.15, -0.1) is 0 Å². The highest BCUT2D eigenvalue weighted by Gasteiger charge is 2.50. The maximum Gasteiger partial charge on any atom is 0.335 e. The number of rotatable bonds is 45. The number of hydrogen-bond acceptors (Lipinski definition) is 11. The topological polar surface area (TPSA) is 175 Å². The fraction of sp³-hybridized carbons (Fsp3) is 0.587. The Hall–Kier alpha value is -5.14. The van der Waals surface area contributed by atoms with Crippen LogP contribution in [0.15, 0.2) is 134 Å². The summed E-state index contributed by atoms with van der Waals surface area (Å²) in [6, 6.07) is 0. The largest absolute Gasteiger partial charge is 0.479 e. The minimum atomic E-state index is -1.95. The lowest BCUT2D eigenvalue weighted by molar-refractivity contribution is -0.301. The van der Waals surface area contributed by atoms with E-state index in [0.29, 0.717) is 19.3 Å². The minimum Gasteiger partial charge on any atom is -0.479 e. The molecule has 0 bridgehead atoms. The third kappa shape index (κ3) is 39.9. The molecule has 6 atom stereocenters. The quantitative estimate of drug-likeness (QED) is 0.0228. The Morgan fingerprint density at radius 2 is 0.840 bits per heavy atom. The Labute approximate surface area is 451 Å². The molecule has 420 valence electrons. The van der Waals surface area contributed by atoms with Gasteiger partial charge in [-0.25, -0.2) is 4.79 Å². The molecule has 1 rings (SSSR count). The highest BCUT2D eigenvalue weighted by Crippen LogP contribution is 2.26. The maximum atomic E-state index is 13.1. The summed E-state index contributed by atoms with van der Waals surface area (Å²) >= 11 is 0. The Kier molecular flexibility index (Phi) is 45.0. The van der Waals surface area contributed by atoms with E-state index in [1.807, 2.05) is 12.2 Å². The first kappa shape index (κ1) is 67.9. The highest BCUT2D eigenvalue weighted by molar-refractivity contribution is 5.74. The smallest absolute Gasteiger partial charge is 0.335 e. The second-order valence-electron chi connectivity index (χ2n) is 18.4. The molecule has 12 nitrogen and oxygen atoms in total. The van der Waals surface area contributed by atoms with Crippen LogP contribution in [-0.4, -0.2) is 89.2 Å². The molecule has 0 spiro atoms. The Balaban J connectivity index is 2.79. The van der Waals surface area contributed by atoms with Crippen LogP contribution in [0.25, 0.3) is 0 Å². The molecule has 0 radical (unpaired) electrons. The van der Waals surface area contributed by atoms with Gasteiger partial charge >= 0.3 is 23.9 Å². The number of allylic oxidation sites excluding steroid dienone is 21. The molecule has 75 heavy (non-hydrogen) atoms. The van der Waals surface area contributed by atoms with E-state index in [2.05, 4.69) is 130 Å². The monoisotopic (exact) mass is 1040 g/mol. The first-order valence-electron chi connectivity index (χ1n) is 28.2. The number of carboxylic acid groups (broad SMARTS) is 1. The van der Waals surface area contributed by atoms with Gasteiger partial charge in [0, 0.05) is 12.8 Å². The average Bonchev–Trinajstić information content (AvgIpc) is 3.39. The summed E-state index contributed by atoms with van der Waals surface area (Å²) < 4.78 is 28.2. The molecular weight excluding hydrogens is 949 g/mol.